The van der Waals surface area contributed by atoms with Gasteiger partial charge in [-0.1, -0.05) is 24.0 Å². The van der Waals surface area contributed by atoms with Crippen LogP contribution in [0.15, 0.2) is 27.7 Å². The van der Waals surface area contributed by atoms with E-state index in [0.717, 1.165) is 11.8 Å². The number of carbonyl (C=O) groups is 3. The number of furan rings is 1. The molecule has 1 aliphatic rings. The molecule has 2 heterocycles. The molecule has 1 aromatic rings. The van der Waals surface area contributed by atoms with Crippen LogP contribution in [0.4, 0.5) is 0 Å². The number of nitrogens with zero attached hydrogens (tertiary/aromatic N) is 1. The van der Waals surface area contributed by atoms with Gasteiger partial charge in [0.1, 0.15) is 10.1 Å². The molecular weight excluding hydrogens is 340 g/mol. The van der Waals surface area contributed by atoms with E-state index in [4.69, 9.17) is 21.7 Å². The highest BCUT2D eigenvalue weighted by Gasteiger charge is 2.32. The Morgan fingerprint density at radius 2 is 2.22 bits per heavy atom. The summed E-state index contributed by atoms with van der Waals surface area (Å²) in [6, 6.07) is 3.44. The van der Waals surface area contributed by atoms with Gasteiger partial charge in [-0.2, -0.15) is 0 Å². The van der Waals surface area contributed by atoms with Gasteiger partial charge in [-0.15, -0.1) is 0 Å². The Hall–Kier alpha value is -2.13. The molecule has 2 rings (SSSR count). The van der Waals surface area contributed by atoms with Crippen molar-refractivity contribution in [2.75, 3.05) is 13.1 Å². The van der Waals surface area contributed by atoms with Gasteiger partial charge in [0.05, 0.1) is 17.6 Å². The summed E-state index contributed by atoms with van der Waals surface area (Å²) in [4.78, 5) is 36.0. The highest BCUT2D eigenvalue weighted by Crippen LogP contribution is 2.32. The first-order valence-electron chi connectivity index (χ1n) is 6.74. The van der Waals surface area contributed by atoms with Gasteiger partial charge in [0.25, 0.3) is 5.91 Å². The number of carbonyl (C=O) groups excluding carboxylic acids is 2. The quantitative estimate of drug-likeness (QED) is 0.565. The van der Waals surface area contributed by atoms with E-state index >= 15 is 0 Å². The SMILES string of the molecule is O=C(O)CCNC(=O)CCN1C(=O)/C(=C/c2ccco2)SC1=S. The first-order chi connectivity index (χ1) is 11.0. The van der Waals surface area contributed by atoms with Gasteiger partial charge >= 0.3 is 5.97 Å². The van der Waals surface area contributed by atoms with Gasteiger partial charge in [-0.3, -0.25) is 19.3 Å². The van der Waals surface area contributed by atoms with E-state index in [1.54, 1.807) is 18.2 Å². The molecule has 1 saturated heterocycles. The van der Waals surface area contributed by atoms with Crippen molar-refractivity contribution in [2.45, 2.75) is 12.8 Å². The molecule has 2 N–H and O–H groups in total. The number of amides is 2. The normalized spacial score (nSPS) is 16.2. The van der Waals surface area contributed by atoms with Gasteiger partial charge in [-0.05, 0) is 12.1 Å². The van der Waals surface area contributed by atoms with Crippen LogP contribution in [-0.4, -0.2) is 45.2 Å². The van der Waals surface area contributed by atoms with Crippen molar-refractivity contribution < 1.29 is 23.9 Å². The van der Waals surface area contributed by atoms with Crippen LogP contribution in [0.1, 0.15) is 18.6 Å². The highest BCUT2D eigenvalue weighted by atomic mass is 32.2. The van der Waals surface area contributed by atoms with Crippen LogP contribution in [-0.2, 0) is 14.4 Å². The molecule has 0 bridgehead atoms. The number of carboxylic acid groups (broad SMARTS) is 1. The fraction of sp³-hybridized carbons (Fsp3) is 0.286. The lowest BCUT2D eigenvalue weighted by Crippen LogP contribution is -2.34. The standard InChI is InChI=1S/C14H14N2O5S2/c17-11(15-5-3-12(18)19)4-6-16-13(20)10(23-14(16)22)8-9-2-1-7-21-9/h1-2,7-8H,3-6H2,(H,15,17)(H,18,19)/b10-8-. The monoisotopic (exact) mass is 354 g/mol. The Labute approximate surface area is 141 Å². The predicted octanol–water partition coefficient (Wildman–Crippen LogP) is 1.46. The molecule has 0 unspecified atom stereocenters. The third-order valence-corrected chi connectivity index (χ3v) is 4.29. The third kappa shape index (κ3) is 4.93. The van der Waals surface area contributed by atoms with Crippen molar-refractivity contribution in [3.63, 3.8) is 0 Å². The number of thiocarbonyl (C=S) groups is 1. The van der Waals surface area contributed by atoms with E-state index < -0.39 is 5.97 Å². The van der Waals surface area contributed by atoms with E-state index in [0.29, 0.717) is 15.0 Å². The maximum Gasteiger partial charge on any atom is 0.305 e. The molecule has 122 valence electrons. The summed E-state index contributed by atoms with van der Waals surface area (Å²) in [5.74, 6) is -1.02. The average molecular weight is 354 g/mol. The smallest absolute Gasteiger partial charge is 0.305 e. The minimum Gasteiger partial charge on any atom is -0.481 e. The van der Waals surface area contributed by atoms with E-state index in [2.05, 4.69) is 5.32 Å². The zero-order valence-electron chi connectivity index (χ0n) is 12.0. The maximum absolute atomic E-state index is 12.3. The van der Waals surface area contributed by atoms with E-state index in [1.165, 1.54) is 11.2 Å². The zero-order chi connectivity index (χ0) is 16.8. The molecule has 0 saturated carbocycles. The largest absolute Gasteiger partial charge is 0.481 e. The third-order valence-electron chi connectivity index (χ3n) is 2.91. The molecule has 0 aliphatic carbocycles. The van der Waals surface area contributed by atoms with Crippen LogP contribution < -0.4 is 5.32 Å². The molecule has 0 radical (unpaired) electrons. The first-order valence-corrected chi connectivity index (χ1v) is 7.97. The number of nitrogens with one attached hydrogen (secondary N) is 1. The molecule has 0 atom stereocenters. The van der Waals surface area contributed by atoms with Crippen molar-refractivity contribution in [3.8, 4) is 0 Å². The second-order valence-electron chi connectivity index (χ2n) is 4.59. The van der Waals surface area contributed by atoms with Crippen molar-refractivity contribution in [1.29, 1.82) is 0 Å². The molecule has 7 nitrogen and oxygen atoms in total. The summed E-state index contributed by atoms with van der Waals surface area (Å²) < 4.78 is 5.54. The van der Waals surface area contributed by atoms with Gasteiger partial charge in [-0.25, -0.2) is 0 Å². The van der Waals surface area contributed by atoms with Gasteiger partial charge in [0.15, 0.2) is 0 Å². The summed E-state index contributed by atoms with van der Waals surface area (Å²) in [6.07, 6.45) is 3.03. The Balaban J connectivity index is 1.86. The van der Waals surface area contributed by atoms with E-state index in [9.17, 15) is 14.4 Å². The summed E-state index contributed by atoms with van der Waals surface area (Å²) in [7, 11) is 0. The molecule has 9 heteroatoms. The highest BCUT2D eigenvalue weighted by molar-refractivity contribution is 8.26. The molecular formula is C14H14N2O5S2. The van der Waals surface area contributed by atoms with Crippen LogP contribution in [0.2, 0.25) is 0 Å². The summed E-state index contributed by atoms with van der Waals surface area (Å²) in [5.41, 5.74) is 0. The number of thioether (sulfide) groups is 1. The molecule has 0 spiro atoms. The second-order valence-corrected chi connectivity index (χ2v) is 6.27. The van der Waals surface area contributed by atoms with Crippen molar-refractivity contribution >= 4 is 52.2 Å². The molecule has 0 aromatic carbocycles. The fourth-order valence-corrected chi connectivity index (χ4v) is 3.09. The zero-order valence-corrected chi connectivity index (χ0v) is 13.6. The van der Waals surface area contributed by atoms with E-state index in [1.807, 2.05) is 0 Å². The Morgan fingerprint density at radius 1 is 1.43 bits per heavy atom. The van der Waals surface area contributed by atoms with Crippen molar-refractivity contribution in [2.24, 2.45) is 0 Å². The summed E-state index contributed by atoms with van der Waals surface area (Å²) in [6.45, 7) is 0.212. The molecule has 1 fully saturated rings. The number of hydrogen-bond donors (Lipinski definition) is 2. The second kappa shape index (κ2) is 7.93. The first kappa shape index (κ1) is 17.2. The van der Waals surface area contributed by atoms with Crippen LogP contribution in [0.25, 0.3) is 6.08 Å². The van der Waals surface area contributed by atoms with Gasteiger partial charge in [0, 0.05) is 25.6 Å². The van der Waals surface area contributed by atoms with Crippen LogP contribution >= 0.6 is 24.0 Å². The molecule has 23 heavy (non-hydrogen) atoms. The van der Waals surface area contributed by atoms with E-state index in [-0.39, 0.29) is 37.7 Å². The number of aliphatic carboxylic acids is 1. The Morgan fingerprint density at radius 3 is 2.87 bits per heavy atom. The minimum atomic E-state index is -0.981. The lowest BCUT2D eigenvalue weighted by atomic mass is 10.3. The average Bonchev–Trinajstić information content (AvgIpc) is 3.07. The van der Waals surface area contributed by atoms with Crippen LogP contribution in [0.3, 0.4) is 0 Å². The maximum atomic E-state index is 12.3. The summed E-state index contributed by atoms with van der Waals surface area (Å²) >= 11 is 6.30. The number of rotatable bonds is 7. The Kier molecular flexibility index (Phi) is 5.94. The lowest BCUT2D eigenvalue weighted by Gasteiger charge is -2.13. The molecule has 1 aliphatic heterocycles. The lowest BCUT2D eigenvalue weighted by molar-refractivity contribution is -0.136. The molecule has 2 amide bonds. The topological polar surface area (TPSA) is 99.9 Å². The van der Waals surface area contributed by atoms with Crippen LogP contribution in [0, 0.1) is 0 Å². The molecule has 1 aromatic heterocycles. The van der Waals surface area contributed by atoms with Gasteiger partial charge < -0.3 is 14.8 Å². The predicted molar refractivity (Wildman–Crippen MR) is 88.5 cm³/mol. The fourth-order valence-electron chi connectivity index (χ4n) is 1.81. The number of carboxylic acids is 1. The Bertz CT molecular complexity index is 654. The van der Waals surface area contributed by atoms with Gasteiger partial charge in [0.2, 0.25) is 5.91 Å². The van der Waals surface area contributed by atoms with Crippen molar-refractivity contribution in [1.82, 2.24) is 10.2 Å². The summed E-state index contributed by atoms with van der Waals surface area (Å²) in [5, 5.41) is 11.0. The number of hydrogen-bond acceptors (Lipinski definition) is 6. The van der Waals surface area contributed by atoms with Crippen molar-refractivity contribution in [3.05, 3.63) is 29.1 Å². The van der Waals surface area contributed by atoms with Crippen LogP contribution in [0.5, 0.6) is 0 Å². The minimum absolute atomic E-state index is 0.0556.